The van der Waals surface area contributed by atoms with Gasteiger partial charge in [-0.25, -0.2) is 9.78 Å². The summed E-state index contributed by atoms with van der Waals surface area (Å²) in [6, 6.07) is 7.23. The Labute approximate surface area is 195 Å². The summed E-state index contributed by atoms with van der Waals surface area (Å²) in [6.45, 7) is 3.22. The van der Waals surface area contributed by atoms with E-state index in [0.717, 1.165) is 10.9 Å². The quantitative estimate of drug-likeness (QED) is 0.531. The van der Waals surface area contributed by atoms with Crippen LogP contribution in [0.2, 0.25) is 0 Å². The van der Waals surface area contributed by atoms with E-state index in [1.807, 2.05) is 25.1 Å². The lowest BCUT2D eigenvalue weighted by Crippen LogP contribution is -2.44. The summed E-state index contributed by atoms with van der Waals surface area (Å²) in [5.41, 5.74) is 1.41. The lowest BCUT2D eigenvalue weighted by Gasteiger charge is -2.32. The number of benzene rings is 1. The van der Waals surface area contributed by atoms with Gasteiger partial charge in [0.2, 0.25) is 0 Å². The van der Waals surface area contributed by atoms with Crippen molar-refractivity contribution in [3.63, 3.8) is 0 Å². The van der Waals surface area contributed by atoms with Crippen molar-refractivity contribution in [2.45, 2.75) is 45.1 Å². The van der Waals surface area contributed by atoms with Gasteiger partial charge in [0.05, 0.1) is 42.8 Å². The second-order valence-electron chi connectivity index (χ2n) is 8.39. The molecule has 2 aliphatic rings. The highest BCUT2D eigenvalue weighted by Crippen LogP contribution is 2.46. The van der Waals surface area contributed by atoms with Crippen LogP contribution in [-0.2, 0) is 32.9 Å². The smallest absolute Gasteiger partial charge is 0.343 e. The van der Waals surface area contributed by atoms with Crippen LogP contribution in [0.25, 0.3) is 22.3 Å². The number of fused-ring (bicyclic) bond motifs is 5. The molecular weight excluding hydrogens is 440 g/mol. The zero-order chi connectivity index (χ0) is 24.2. The summed E-state index contributed by atoms with van der Waals surface area (Å²) in [6.07, 6.45) is -0.162. The first-order chi connectivity index (χ1) is 16.4. The molecule has 2 aromatic heterocycles. The number of hydrogen-bond acceptors (Lipinski definition) is 8. The number of aliphatic hydroxyl groups excluding tert-OH is 1. The maximum absolute atomic E-state index is 13.7. The Kier molecular flexibility index (Phi) is 5.43. The Hall–Kier alpha value is -3.27. The Morgan fingerprint density at radius 2 is 2.09 bits per heavy atom. The van der Waals surface area contributed by atoms with Crippen LogP contribution in [0, 0.1) is 0 Å². The Balaban J connectivity index is 1.89. The molecule has 1 unspecified atom stereocenters. The van der Waals surface area contributed by atoms with Gasteiger partial charge in [0.15, 0.2) is 11.8 Å². The van der Waals surface area contributed by atoms with Gasteiger partial charge < -0.3 is 24.4 Å². The third-order valence-electron chi connectivity index (χ3n) is 6.77. The number of pyridine rings is 2. The van der Waals surface area contributed by atoms with E-state index < -0.39 is 23.4 Å². The van der Waals surface area contributed by atoms with Gasteiger partial charge in [0.1, 0.15) is 12.4 Å². The fourth-order valence-corrected chi connectivity index (χ4v) is 5.11. The molecule has 1 aromatic carbocycles. The molecule has 5 rings (SSSR count). The second-order valence-corrected chi connectivity index (χ2v) is 8.39. The number of rotatable bonds is 6. The molecule has 0 amide bonds. The zero-order valence-electron chi connectivity index (χ0n) is 19.3. The van der Waals surface area contributed by atoms with E-state index >= 15 is 0 Å². The van der Waals surface area contributed by atoms with Crippen molar-refractivity contribution in [1.29, 1.82) is 0 Å². The topological polar surface area (TPSA) is 120 Å². The number of ether oxygens (including phenoxy) is 3. The van der Waals surface area contributed by atoms with Gasteiger partial charge in [-0.2, -0.15) is 0 Å². The van der Waals surface area contributed by atoms with Crippen LogP contribution in [0.3, 0.4) is 0 Å². The molecule has 0 spiro atoms. The average Bonchev–Trinajstić information content (AvgIpc) is 3.16. The number of cyclic esters (lactones) is 1. The largest absolute Gasteiger partial charge is 0.496 e. The number of hydrogen-bond donors (Lipinski definition) is 2. The molecule has 0 saturated heterocycles. The molecule has 0 radical (unpaired) electrons. The molecule has 3 aromatic rings. The molecule has 2 atom stereocenters. The number of methoxy groups -OCH3 is 1. The number of esters is 1. The highest BCUT2D eigenvalue weighted by Gasteiger charge is 2.46. The van der Waals surface area contributed by atoms with E-state index in [4.69, 9.17) is 19.2 Å². The lowest BCUT2D eigenvalue weighted by atomic mass is 9.86. The minimum absolute atomic E-state index is 0.00801. The van der Waals surface area contributed by atoms with Crippen LogP contribution in [0.5, 0.6) is 5.75 Å². The Morgan fingerprint density at radius 3 is 2.76 bits per heavy atom. The van der Waals surface area contributed by atoms with Crippen LogP contribution in [-0.4, -0.2) is 46.1 Å². The third kappa shape index (κ3) is 2.94. The van der Waals surface area contributed by atoms with Crippen LogP contribution < -0.4 is 10.3 Å². The number of carbonyl (C=O) groups is 1. The van der Waals surface area contributed by atoms with Crippen molar-refractivity contribution >= 4 is 16.9 Å². The maximum Gasteiger partial charge on any atom is 0.343 e. The van der Waals surface area contributed by atoms with Gasteiger partial charge in [0, 0.05) is 16.5 Å². The predicted molar refractivity (Wildman–Crippen MR) is 123 cm³/mol. The molecule has 178 valence electrons. The minimum Gasteiger partial charge on any atom is -0.496 e. The highest BCUT2D eigenvalue weighted by atomic mass is 16.6. The summed E-state index contributed by atoms with van der Waals surface area (Å²) >= 11 is 0. The molecule has 4 heterocycles. The van der Waals surface area contributed by atoms with Gasteiger partial charge in [-0.3, -0.25) is 9.36 Å². The Bertz CT molecular complexity index is 1380. The van der Waals surface area contributed by atoms with Crippen molar-refractivity contribution in [2.24, 2.45) is 0 Å². The van der Waals surface area contributed by atoms with Crippen LogP contribution in [0.1, 0.15) is 48.8 Å². The van der Waals surface area contributed by atoms with Gasteiger partial charge in [0.25, 0.3) is 5.56 Å². The number of aryl methyl sites for hydroxylation is 1. The fraction of sp³-hybridized carbons (Fsp3) is 0.400. The predicted octanol–water partition coefficient (Wildman–Crippen LogP) is 2.16. The van der Waals surface area contributed by atoms with Gasteiger partial charge >= 0.3 is 5.97 Å². The lowest BCUT2D eigenvalue weighted by molar-refractivity contribution is -0.172. The summed E-state index contributed by atoms with van der Waals surface area (Å²) in [4.78, 5) is 31.1. The monoisotopic (exact) mass is 466 g/mol. The number of carbonyl (C=O) groups excluding carboxylic acids is 1. The first-order valence-corrected chi connectivity index (χ1v) is 11.3. The van der Waals surface area contributed by atoms with E-state index in [2.05, 4.69) is 0 Å². The van der Waals surface area contributed by atoms with Crippen LogP contribution in [0.15, 0.2) is 29.1 Å². The van der Waals surface area contributed by atoms with Crippen LogP contribution in [0.4, 0.5) is 0 Å². The standard InChI is InChI=1S/C25H26N2O7/c1-4-13-19-16(7-6-8-18(19)32-3)26-21-17-11-15-14(12-34-24(30)25(15,31)5-2)22(29)27(17)23(20(13)21)33-10-9-28/h6-8,11,23,28,31H,4-5,9-10,12H2,1-3H3/t23?,25-/m0/s1. The van der Waals surface area contributed by atoms with E-state index in [1.165, 1.54) is 4.57 Å². The van der Waals surface area contributed by atoms with Crippen molar-refractivity contribution in [2.75, 3.05) is 20.3 Å². The van der Waals surface area contributed by atoms with Gasteiger partial charge in [-0.15, -0.1) is 0 Å². The third-order valence-corrected chi connectivity index (χ3v) is 6.77. The molecule has 34 heavy (non-hydrogen) atoms. The SMILES string of the molecule is CCc1c2c(nc3cccc(OC)c13)-c1cc3c(c(=O)n1C2OCCO)COC(=O)[C@]3(O)CC. The molecule has 0 bridgehead atoms. The molecule has 0 saturated carbocycles. The maximum atomic E-state index is 13.7. The van der Waals surface area contributed by atoms with E-state index in [0.29, 0.717) is 34.6 Å². The summed E-state index contributed by atoms with van der Waals surface area (Å²) in [5.74, 6) is -0.115. The minimum atomic E-state index is -1.92. The van der Waals surface area contributed by atoms with Crippen molar-refractivity contribution < 1.29 is 29.2 Å². The first kappa shape index (κ1) is 22.5. The van der Waals surface area contributed by atoms with Crippen molar-refractivity contribution in [3.05, 3.63) is 56.9 Å². The first-order valence-electron chi connectivity index (χ1n) is 11.3. The van der Waals surface area contributed by atoms with Crippen molar-refractivity contribution in [3.8, 4) is 17.1 Å². The zero-order valence-corrected chi connectivity index (χ0v) is 19.3. The van der Waals surface area contributed by atoms with E-state index in [-0.39, 0.29) is 37.4 Å². The number of nitrogens with zero attached hydrogens (tertiary/aromatic N) is 2. The highest BCUT2D eigenvalue weighted by molar-refractivity contribution is 5.93. The molecule has 0 aliphatic carbocycles. The number of aliphatic hydroxyl groups is 2. The fourth-order valence-electron chi connectivity index (χ4n) is 5.11. The van der Waals surface area contributed by atoms with Crippen molar-refractivity contribution in [1.82, 2.24) is 9.55 Å². The summed E-state index contributed by atoms with van der Waals surface area (Å²) in [7, 11) is 1.59. The summed E-state index contributed by atoms with van der Waals surface area (Å²) < 4.78 is 18.3. The molecule has 2 N–H and O–H groups in total. The van der Waals surface area contributed by atoms with Gasteiger partial charge in [-0.05, 0) is 36.6 Å². The second kappa shape index (κ2) is 8.19. The summed E-state index contributed by atoms with van der Waals surface area (Å²) in [5, 5.41) is 21.4. The molecular formula is C25H26N2O7. The Morgan fingerprint density at radius 1 is 1.29 bits per heavy atom. The van der Waals surface area contributed by atoms with Crippen LogP contribution >= 0.6 is 0 Å². The van der Waals surface area contributed by atoms with E-state index in [9.17, 15) is 19.8 Å². The normalized spacial score (nSPS) is 20.6. The average molecular weight is 466 g/mol. The molecule has 0 fully saturated rings. The van der Waals surface area contributed by atoms with E-state index in [1.54, 1.807) is 20.1 Å². The number of aromatic nitrogens is 2. The molecule has 9 heteroatoms. The molecule has 9 nitrogen and oxygen atoms in total. The van der Waals surface area contributed by atoms with Gasteiger partial charge in [-0.1, -0.05) is 19.9 Å². The molecule has 2 aliphatic heterocycles.